The minimum atomic E-state index is -0.392. The third-order valence-electron chi connectivity index (χ3n) is 5.02. The van der Waals surface area contributed by atoms with E-state index in [1.807, 2.05) is 12.1 Å². The van der Waals surface area contributed by atoms with Gasteiger partial charge in [0.2, 0.25) is 0 Å². The number of benzene rings is 1. The van der Waals surface area contributed by atoms with Crippen molar-refractivity contribution in [2.45, 2.75) is 51.2 Å². The van der Waals surface area contributed by atoms with Gasteiger partial charge in [0.1, 0.15) is 0 Å². The molecule has 0 aromatic heterocycles. The molecule has 1 atom stereocenters. The quantitative estimate of drug-likeness (QED) is 0.899. The summed E-state index contributed by atoms with van der Waals surface area (Å²) in [5.74, 6) is 0.789. The summed E-state index contributed by atoms with van der Waals surface area (Å²) in [6.07, 6.45) is 4.19. The summed E-state index contributed by atoms with van der Waals surface area (Å²) in [6.45, 7) is 4.41. The molecule has 0 aliphatic heterocycles. The maximum absolute atomic E-state index is 11.0. The Hall–Kier alpha value is -0.860. The fourth-order valence-electron chi connectivity index (χ4n) is 3.41. The summed E-state index contributed by atoms with van der Waals surface area (Å²) >= 11 is 0. The van der Waals surface area contributed by atoms with Crippen molar-refractivity contribution in [2.75, 3.05) is 14.1 Å². The van der Waals surface area contributed by atoms with Gasteiger partial charge in [0.25, 0.3) is 0 Å². The minimum absolute atomic E-state index is 0.0986. The van der Waals surface area contributed by atoms with Crippen molar-refractivity contribution in [1.29, 1.82) is 0 Å². The number of aliphatic hydroxyl groups is 1. The zero-order valence-electron chi connectivity index (χ0n) is 12.7. The van der Waals surface area contributed by atoms with E-state index in [2.05, 4.69) is 45.0 Å². The summed E-state index contributed by atoms with van der Waals surface area (Å²) in [4.78, 5) is 2.25. The summed E-state index contributed by atoms with van der Waals surface area (Å²) in [7, 11) is 4.22. The Bertz CT molecular complexity index is 419. The van der Waals surface area contributed by atoms with Gasteiger partial charge in [-0.25, -0.2) is 0 Å². The molecule has 1 N–H and O–H groups in total. The maximum Gasteiger partial charge on any atom is 0.0975 e. The van der Waals surface area contributed by atoms with E-state index in [0.717, 1.165) is 24.3 Å². The standard InChI is InChI=1S/C17H27NO/c1-13-9-11-17(12-10-13,18(3)4)16(19)15-8-6-5-7-14(15)2/h5-8,13,16,19H,9-12H2,1-4H3. The molecule has 1 aliphatic carbocycles. The molecule has 0 heterocycles. The van der Waals surface area contributed by atoms with Crippen LogP contribution in [-0.4, -0.2) is 29.6 Å². The van der Waals surface area contributed by atoms with Crippen LogP contribution in [0.4, 0.5) is 0 Å². The van der Waals surface area contributed by atoms with Crippen molar-refractivity contribution in [3.8, 4) is 0 Å². The third-order valence-corrected chi connectivity index (χ3v) is 5.02. The molecule has 0 bridgehead atoms. The van der Waals surface area contributed by atoms with Gasteiger partial charge in [-0.15, -0.1) is 0 Å². The van der Waals surface area contributed by atoms with Gasteiger partial charge in [-0.1, -0.05) is 31.2 Å². The molecule has 1 aliphatic rings. The van der Waals surface area contributed by atoms with Gasteiger partial charge in [0.05, 0.1) is 11.6 Å². The number of aliphatic hydroxyl groups excluding tert-OH is 1. The molecule has 1 aromatic rings. The van der Waals surface area contributed by atoms with Crippen LogP contribution in [0.5, 0.6) is 0 Å². The second-order valence-electron chi connectivity index (χ2n) is 6.44. The van der Waals surface area contributed by atoms with Crippen molar-refractivity contribution >= 4 is 0 Å². The van der Waals surface area contributed by atoms with Gasteiger partial charge in [-0.05, 0) is 63.7 Å². The van der Waals surface area contributed by atoms with Crippen LogP contribution < -0.4 is 0 Å². The SMILES string of the molecule is Cc1ccccc1C(O)C1(N(C)C)CCC(C)CC1. The van der Waals surface area contributed by atoms with Crippen LogP contribution in [0.15, 0.2) is 24.3 Å². The van der Waals surface area contributed by atoms with Crippen LogP contribution in [0.25, 0.3) is 0 Å². The normalized spacial score (nSPS) is 29.5. The van der Waals surface area contributed by atoms with E-state index in [4.69, 9.17) is 0 Å². The van der Waals surface area contributed by atoms with E-state index in [9.17, 15) is 5.11 Å². The molecule has 0 radical (unpaired) electrons. The highest BCUT2D eigenvalue weighted by atomic mass is 16.3. The lowest BCUT2D eigenvalue weighted by Crippen LogP contribution is -2.51. The van der Waals surface area contributed by atoms with Gasteiger partial charge in [0.15, 0.2) is 0 Å². The Kier molecular flexibility index (Phi) is 4.32. The Labute approximate surface area is 117 Å². The summed E-state index contributed by atoms with van der Waals surface area (Å²) in [5.41, 5.74) is 2.18. The molecule has 106 valence electrons. The average molecular weight is 261 g/mol. The first-order valence-corrected chi connectivity index (χ1v) is 7.38. The van der Waals surface area contributed by atoms with Crippen molar-refractivity contribution in [3.05, 3.63) is 35.4 Å². The minimum Gasteiger partial charge on any atom is -0.386 e. The zero-order valence-corrected chi connectivity index (χ0v) is 12.7. The second kappa shape index (κ2) is 5.64. The van der Waals surface area contributed by atoms with Gasteiger partial charge >= 0.3 is 0 Å². The number of hydrogen-bond acceptors (Lipinski definition) is 2. The molecule has 19 heavy (non-hydrogen) atoms. The van der Waals surface area contributed by atoms with E-state index in [1.54, 1.807) is 0 Å². The van der Waals surface area contributed by atoms with Crippen molar-refractivity contribution in [3.63, 3.8) is 0 Å². The van der Waals surface area contributed by atoms with Crippen LogP contribution >= 0.6 is 0 Å². The molecule has 2 rings (SSSR count). The first-order chi connectivity index (χ1) is 8.97. The second-order valence-corrected chi connectivity index (χ2v) is 6.44. The van der Waals surface area contributed by atoms with Crippen molar-refractivity contribution in [2.24, 2.45) is 5.92 Å². The maximum atomic E-state index is 11.0. The lowest BCUT2D eigenvalue weighted by Gasteiger charge is -2.48. The molecule has 0 saturated heterocycles. The number of hydrogen-bond donors (Lipinski definition) is 1. The number of nitrogens with zero attached hydrogens (tertiary/aromatic N) is 1. The smallest absolute Gasteiger partial charge is 0.0975 e. The Balaban J connectivity index is 2.32. The monoisotopic (exact) mass is 261 g/mol. The van der Waals surface area contributed by atoms with E-state index >= 15 is 0 Å². The van der Waals surface area contributed by atoms with E-state index in [0.29, 0.717) is 0 Å². The average Bonchev–Trinajstić information content (AvgIpc) is 2.39. The Morgan fingerprint density at radius 1 is 1.21 bits per heavy atom. The molecule has 1 unspecified atom stereocenters. The van der Waals surface area contributed by atoms with Crippen LogP contribution in [-0.2, 0) is 0 Å². The number of aryl methyl sites for hydroxylation is 1. The highest BCUT2D eigenvalue weighted by Gasteiger charge is 2.43. The molecule has 2 heteroatoms. The number of likely N-dealkylation sites (N-methyl/N-ethyl adjacent to an activating group) is 1. The highest BCUT2D eigenvalue weighted by molar-refractivity contribution is 5.30. The van der Waals surface area contributed by atoms with Gasteiger partial charge < -0.3 is 10.0 Å². The van der Waals surface area contributed by atoms with Gasteiger partial charge in [-0.2, -0.15) is 0 Å². The van der Waals surface area contributed by atoms with Gasteiger partial charge in [-0.3, -0.25) is 0 Å². The molecule has 1 saturated carbocycles. The fourth-order valence-corrected chi connectivity index (χ4v) is 3.41. The Morgan fingerprint density at radius 3 is 2.32 bits per heavy atom. The Morgan fingerprint density at radius 2 is 1.79 bits per heavy atom. The lowest BCUT2D eigenvalue weighted by atomic mass is 9.71. The van der Waals surface area contributed by atoms with E-state index in [1.165, 1.54) is 18.4 Å². The van der Waals surface area contributed by atoms with Crippen LogP contribution in [0.2, 0.25) is 0 Å². The van der Waals surface area contributed by atoms with Crippen LogP contribution in [0.3, 0.4) is 0 Å². The topological polar surface area (TPSA) is 23.5 Å². The van der Waals surface area contributed by atoms with Gasteiger partial charge in [0, 0.05) is 0 Å². The lowest BCUT2D eigenvalue weighted by molar-refractivity contribution is -0.0411. The molecule has 1 aromatic carbocycles. The molecule has 2 nitrogen and oxygen atoms in total. The highest BCUT2D eigenvalue weighted by Crippen LogP contribution is 2.44. The molecular formula is C17H27NO. The fraction of sp³-hybridized carbons (Fsp3) is 0.647. The van der Waals surface area contributed by atoms with E-state index < -0.39 is 6.10 Å². The van der Waals surface area contributed by atoms with E-state index in [-0.39, 0.29) is 5.54 Å². The predicted octanol–water partition coefficient (Wildman–Crippen LogP) is 3.54. The van der Waals surface area contributed by atoms with Crippen molar-refractivity contribution in [1.82, 2.24) is 4.90 Å². The first-order valence-electron chi connectivity index (χ1n) is 7.38. The summed E-state index contributed by atoms with van der Waals surface area (Å²) in [6, 6.07) is 8.23. The van der Waals surface area contributed by atoms with Crippen LogP contribution in [0.1, 0.15) is 49.8 Å². The predicted molar refractivity (Wildman–Crippen MR) is 80.2 cm³/mol. The van der Waals surface area contributed by atoms with Crippen LogP contribution in [0, 0.1) is 12.8 Å². The molecule has 0 spiro atoms. The third kappa shape index (κ3) is 2.70. The molecule has 1 fully saturated rings. The summed E-state index contributed by atoms with van der Waals surface area (Å²) in [5, 5.41) is 11.0. The first kappa shape index (κ1) is 14.5. The zero-order chi connectivity index (χ0) is 14.0. The largest absolute Gasteiger partial charge is 0.386 e. The number of rotatable bonds is 3. The van der Waals surface area contributed by atoms with Crippen molar-refractivity contribution < 1.29 is 5.11 Å². The molecule has 0 amide bonds. The molecular weight excluding hydrogens is 234 g/mol. The summed E-state index contributed by atoms with van der Waals surface area (Å²) < 4.78 is 0.